The fraction of sp³-hybridized carbons (Fsp3) is 0.250. The minimum Gasteiger partial charge on any atom is -0.370 e. The first-order chi connectivity index (χ1) is 12.1. The number of aryl methyl sites for hydroxylation is 1. The smallest absolute Gasteiger partial charge is 0.133 e. The van der Waals surface area contributed by atoms with Crippen LogP contribution >= 0.6 is 23.2 Å². The Labute approximate surface area is 157 Å². The predicted octanol–water partition coefficient (Wildman–Crippen LogP) is 5.90. The summed E-state index contributed by atoms with van der Waals surface area (Å²) in [6.45, 7) is 3.04. The van der Waals surface area contributed by atoms with Gasteiger partial charge in [0.1, 0.15) is 5.82 Å². The Morgan fingerprint density at radius 1 is 1.08 bits per heavy atom. The van der Waals surface area contributed by atoms with Crippen molar-refractivity contribution in [1.82, 2.24) is 9.78 Å². The third-order valence-corrected chi connectivity index (χ3v) is 5.12. The lowest BCUT2D eigenvalue weighted by atomic mass is 10.0. The van der Waals surface area contributed by atoms with Crippen molar-refractivity contribution in [3.05, 3.63) is 63.6 Å². The monoisotopic (exact) mass is 371 g/mol. The van der Waals surface area contributed by atoms with E-state index in [9.17, 15) is 0 Å². The number of benzene rings is 2. The normalized spacial score (nSPS) is 13.9. The van der Waals surface area contributed by atoms with Crippen LogP contribution < -0.4 is 5.32 Å². The largest absolute Gasteiger partial charge is 0.370 e. The lowest BCUT2D eigenvalue weighted by Crippen LogP contribution is -2.07. The first-order valence-corrected chi connectivity index (χ1v) is 9.27. The zero-order valence-electron chi connectivity index (χ0n) is 14.0. The number of nitrogens with zero attached hydrogens (tertiary/aromatic N) is 2. The molecule has 25 heavy (non-hydrogen) atoms. The molecule has 3 aromatic rings. The summed E-state index contributed by atoms with van der Waals surface area (Å²) in [7, 11) is 0. The molecule has 0 bridgehead atoms. The Kier molecular flexibility index (Phi) is 4.45. The molecule has 0 saturated carbocycles. The van der Waals surface area contributed by atoms with Gasteiger partial charge in [-0.3, -0.25) is 0 Å². The molecular weight excluding hydrogens is 353 g/mol. The second-order valence-electron chi connectivity index (χ2n) is 6.43. The van der Waals surface area contributed by atoms with Gasteiger partial charge in [0, 0.05) is 22.7 Å². The average molecular weight is 372 g/mol. The molecule has 2 aromatic carbocycles. The number of fused-ring (bicyclic) bond motifs is 1. The Morgan fingerprint density at radius 2 is 1.96 bits per heavy atom. The van der Waals surface area contributed by atoms with Gasteiger partial charge in [0.25, 0.3) is 0 Å². The van der Waals surface area contributed by atoms with Crippen LogP contribution in [0.4, 0.5) is 5.82 Å². The summed E-state index contributed by atoms with van der Waals surface area (Å²) in [5.74, 6) is 1.06. The van der Waals surface area contributed by atoms with E-state index in [0.717, 1.165) is 48.6 Å². The minimum absolute atomic E-state index is 0.667. The molecule has 1 aromatic heterocycles. The van der Waals surface area contributed by atoms with Crippen LogP contribution in [0.1, 0.15) is 24.0 Å². The number of hydrogen-bond donors (Lipinski definition) is 1. The van der Waals surface area contributed by atoms with Crippen LogP contribution in [-0.4, -0.2) is 16.3 Å². The summed E-state index contributed by atoms with van der Waals surface area (Å²) in [6, 6.07) is 13.9. The number of nitrogens with one attached hydrogen (secondary N) is 1. The summed E-state index contributed by atoms with van der Waals surface area (Å²) >= 11 is 12.7. The third-order valence-electron chi connectivity index (χ3n) is 4.56. The first-order valence-electron chi connectivity index (χ1n) is 8.52. The quantitative estimate of drug-likeness (QED) is 0.607. The van der Waals surface area contributed by atoms with Gasteiger partial charge in [0.05, 0.1) is 16.4 Å². The average Bonchev–Trinajstić information content (AvgIpc) is 2.78. The molecule has 128 valence electrons. The summed E-state index contributed by atoms with van der Waals surface area (Å²) in [4.78, 5) is 0. The van der Waals surface area contributed by atoms with E-state index in [4.69, 9.17) is 28.3 Å². The summed E-state index contributed by atoms with van der Waals surface area (Å²) < 4.78 is 2.00. The third kappa shape index (κ3) is 3.14. The van der Waals surface area contributed by atoms with Crippen molar-refractivity contribution in [2.75, 3.05) is 11.9 Å². The van der Waals surface area contributed by atoms with Crippen molar-refractivity contribution < 1.29 is 0 Å². The Morgan fingerprint density at radius 3 is 2.80 bits per heavy atom. The van der Waals surface area contributed by atoms with E-state index in [1.54, 1.807) is 0 Å². The van der Waals surface area contributed by atoms with Gasteiger partial charge in [0.2, 0.25) is 0 Å². The summed E-state index contributed by atoms with van der Waals surface area (Å²) in [5, 5.41) is 9.83. The van der Waals surface area contributed by atoms with Crippen LogP contribution in [0.5, 0.6) is 0 Å². The van der Waals surface area contributed by atoms with E-state index in [1.807, 2.05) is 22.9 Å². The molecule has 0 unspecified atom stereocenters. The molecule has 0 fully saturated rings. The van der Waals surface area contributed by atoms with Crippen LogP contribution in [0.25, 0.3) is 16.9 Å². The van der Waals surface area contributed by atoms with Crippen molar-refractivity contribution in [2.24, 2.45) is 0 Å². The minimum atomic E-state index is 0.667. The molecule has 0 spiro atoms. The molecule has 0 radical (unpaired) electrons. The number of aromatic nitrogens is 2. The van der Waals surface area contributed by atoms with E-state index in [-0.39, 0.29) is 0 Å². The second kappa shape index (κ2) is 6.74. The summed E-state index contributed by atoms with van der Waals surface area (Å²) in [5.41, 5.74) is 5.27. The number of rotatable bonds is 2. The van der Waals surface area contributed by atoms with Crippen molar-refractivity contribution in [2.45, 2.75) is 26.2 Å². The highest BCUT2D eigenvalue weighted by Gasteiger charge is 2.23. The molecule has 2 heterocycles. The molecule has 1 aliphatic heterocycles. The standard InChI is InChI=1S/C20H19Cl2N3/c1-13-5-4-6-15(11-13)25-20-16(7-2-3-10-23-20)19(24-25)17-12-14(21)8-9-18(17)22/h4-6,8-9,11-12,23H,2-3,7,10H2,1H3. The van der Waals surface area contributed by atoms with Gasteiger partial charge in [-0.05, 0) is 62.1 Å². The van der Waals surface area contributed by atoms with E-state index < -0.39 is 0 Å². The molecule has 0 amide bonds. The highest BCUT2D eigenvalue weighted by atomic mass is 35.5. The first kappa shape index (κ1) is 16.5. The maximum Gasteiger partial charge on any atom is 0.133 e. The predicted molar refractivity (Wildman–Crippen MR) is 105 cm³/mol. The van der Waals surface area contributed by atoms with Gasteiger partial charge in [0.15, 0.2) is 0 Å². The number of anilines is 1. The number of halogens is 2. The van der Waals surface area contributed by atoms with Crippen LogP contribution in [0.3, 0.4) is 0 Å². The number of hydrogen-bond acceptors (Lipinski definition) is 2. The molecule has 0 atom stereocenters. The molecular formula is C20H19Cl2N3. The van der Waals surface area contributed by atoms with Gasteiger partial charge >= 0.3 is 0 Å². The molecule has 0 saturated heterocycles. The molecule has 3 nitrogen and oxygen atoms in total. The van der Waals surface area contributed by atoms with E-state index in [1.165, 1.54) is 11.1 Å². The second-order valence-corrected chi connectivity index (χ2v) is 7.28. The molecule has 1 N–H and O–H groups in total. The van der Waals surface area contributed by atoms with Crippen molar-refractivity contribution >= 4 is 29.0 Å². The van der Waals surface area contributed by atoms with Crippen molar-refractivity contribution in [3.63, 3.8) is 0 Å². The molecule has 0 aliphatic carbocycles. The Hall–Kier alpha value is -1.97. The van der Waals surface area contributed by atoms with E-state index in [2.05, 4.69) is 36.5 Å². The van der Waals surface area contributed by atoms with Gasteiger partial charge in [-0.2, -0.15) is 5.10 Å². The maximum atomic E-state index is 6.47. The fourth-order valence-electron chi connectivity index (χ4n) is 3.34. The van der Waals surface area contributed by atoms with Crippen LogP contribution in [0, 0.1) is 6.92 Å². The van der Waals surface area contributed by atoms with Crippen LogP contribution in [-0.2, 0) is 6.42 Å². The van der Waals surface area contributed by atoms with Gasteiger partial charge < -0.3 is 5.32 Å². The zero-order valence-corrected chi connectivity index (χ0v) is 15.5. The van der Waals surface area contributed by atoms with E-state index in [0.29, 0.717) is 10.0 Å². The van der Waals surface area contributed by atoms with Crippen LogP contribution in [0.15, 0.2) is 42.5 Å². The Bertz CT molecular complexity index is 931. The van der Waals surface area contributed by atoms with Crippen molar-refractivity contribution in [1.29, 1.82) is 0 Å². The van der Waals surface area contributed by atoms with Gasteiger partial charge in [-0.25, -0.2) is 4.68 Å². The summed E-state index contributed by atoms with van der Waals surface area (Å²) in [6.07, 6.45) is 3.25. The highest BCUT2D eigenvalue weighted by molar-refractivity contribution is 6.35. The fourth-order valence-corrected chi connectivity index (χ4v) is 3.72. The molecule has 4 rings (SSSR count). The van der Waals surface area contributed by atoms with Gasteiger partial charge in [-0.1, -0.05) is 35.3 Å². The lowest BCUT2D eigenvalue weighted by Gasteiger charge is -2.09. The van der Waals surface area contributed by atoms with Crippen LogP contribution in [0.2, 0.25) is 10.0 Å². The Balaban J connectivity index is 1.95. The maximum absolute atomic E-state index is 6.47. The lowest BCUT2D eigenvalue weighted by molar-refractivity contribution is 0.780. The molecule has 5 heteroatoms. The zero-order chi connectivity index (χ0) is 17.4. The SMILES string of the molecule is Cc1cccc(-n2nc(-c3cc(Cl)ccc3Cl)c3c2NCCCC3)c1. The highest BCUT2D eigenvalue weighted by Crippen LogP contribution is 2.38. The van der Waals surface area contributed by atoms with Crippen molar-refractivity contribution in [3.8, 4) is 16.9 Å². The van der Waals surface area contributed by atoms with Gasteiger partial charge in [-0.15, -0.1) is 0 Å². The topological polar surface area (TPSA) is 29.9 Å². The van der Waals surface area contributed by atoms with E-state index >= 15 is 0 Å². The molecule has 1 aliphatic rings.